The molecule has 1 aromatic rings. The molecule has 0 amide bonds. The average Bonchev–Trinajstić information content (AvgIpc) is 2.31. The Kier molecular flexibility index (Phi) is 5.35. The van der Waals surface area contributed by atoms with Crippen LogP contribution in [0.3, 0.4) is 0 Å². The molecule has 0 aliphatic heterocycles. The highest BCUT2D eigenvalue weighted by molar-refractivity contribution is 5.44. The molecule has 0 aliphatic rings. The summed E-state index contributed by atoms with van der Waals surface area (Å²) < 4.78 is 24.5. The fourth-order valence-corrected chi connectivity index (χ4v) is 1.51. The molecule has 0 bridgehead atoms. The Hall–Kier alpha value is -1.69. The molecule has 0 fully saturated rings. The Morgan fingerprint density at radius 1 is 1.18 bits per heavy atom. The van der Waals surface area contributed by atoms with Gasteiger partial charge in [-0.05, 0) is 31.9 Å². The van der Waals surface area contributed by atoms with Crippen LogP contribution in [-0.4, -0.2) is 13.2 Å². The van der Waals surface area contributed by atoms with Crippen LogP contribution < -0.4 is 9.47 Å². The molecule has 3 heteroatoms. The first-order chi connectivity index (χ1) is 8.22. The lowest BCUT2D eigenvalue weighted by Gasteiger charge is -2.13. The molecule has 0 spiro atoms. The lowest BCUT2D eigenvalue weighted by Crippen LogP contribution is -2.01. The van der Waals surface area contributed by atoms with Crippen molar-refractivity contribution in [3.63, 3.8) is 0 Å². The third-order valence-corrected chi connectivity index (χ3v) is 2.25. The first-order valence-corrected chi connectivity index (χ1v) is 5.74. The Bertz CT molecular complexity index is 407. The number of aryl methyl sites for hydroxylation is 1. The Labute approximate surface area is 102 Å². The van der Waals surface area contributed by atoms with Crippen LogP contribution in [0.15, 0.2) is 12.1 Å². The van der Waals surface area contributed by atoms with Crippen LogP contribution in [0.4, 0.5) is 4.39 Å². The first kappa shape index (κ1) is 13.4. The maximum atomic E-state index is 13.7. The molecule has 0 heterocycles. The molecule has 0 saturated carbocycles. The third-order valence-electron chi connectivity index (χ3n) is 2.25. The van der Waals surface area contributed by atoms with E-state index in [1.54, 1.807) is 6.07 Å². The van der Waals surface area contributed by atoms with E-state index in [0.29, 0.717) is 43.1 Å². The predicted octanol–water partition coefficient (Wildman–Crippen LogP) is 3.19. The quantitative estimate of drug-likeness (QED) is 0.706. The van der Waals surface area contributed by atoms with Crippen LogP contribution >= 0.6 is 0 Å². The van der Waals surface area contributed by atoms with Gasteiger partial charge in [0.05, 0.1) is 13.2 Å². The van der Waals surface area contributed by atoms with Gasteiger partial charge in [0.1, 0.15) is 5.82 Å². The zero-order valence-corrected chi connectivity index (χ0v) is 10.3. The number of ether oxygens (including phenoxy) is 2. The third kappa shape index (κ3) is 3.67. The van der Waals surface area contributed by atoms with Gasteiger partial charge in [0, 0.05) is 12.5 Å². The van der Waals surface area contributed by atoms with E-state index in [9.17, 15) is 4.39 Å². The van der Waals surface area contributed by atoms with Gasteiger partial charge in [-0.3, -0.25) is 0 Å². The number of benzene rings is 1. The van der Waals surface area contributed by atoms with E-state index < -0.39 is 0 Å². The Morgan fingerprint density at radius 3 is 2.29 bits per heavy atom. The minimum atomic E-state index is -0.299. The number of hydrogen-bond acceptors (Lipinski definition) is 2. The van der Waals surface area contributed by atoms with Crippen molar-refractivity contribution in [2.24, 2.45) is 0 Å². The van der Waals surface area contributed by atoms with Crippen LogP contribution in [0.2, 0.25) is 0 Å². The van der Waals surface area contributed by atoms with Crippen molar-refractivity contribution in [2.75, 3.05) is 13.2 Å². The largest absolute Gasteiger partial charge is 0.490 e. The second-order valence-electron chi connectivity index (χ2n) is 3.46. The van der Waals surface area contributed by atoms with Gasteiger partial charge in [-0.15, -0.1) is 12.3 Å². The lowest BCUT2D eigenvalue weighted by atomic mass is 10.1. The fraction of sp³-hybridized carbons (Fsp3) is 0.429. The molecule has 0 unspecified atom stereocenters. The van der Waals surface area contributed by atoms with Gasteiger partial charge in [-0.25, -0.2) is 4.39 Å². The zero-order valence-electron chi connectivity index (χ0n) is 10.3. The van der Waals surface area contributed by atoms with Crippen LogP contribution in [0.5, 0.6) is 11.5 Å². The maximum Gasteiger partial charge on any atom is 0.164 e. The van der Waals surface area contributed by atoms with E-state index in [2.05, 4.69) is 5.92 Å². The molecule has 0 saturated heterocycles. The summed E-state index contributed by atoms with van der Waals surface area (Å²) in [5.74, 6) is 3.21. The predicted molar refractivity (Wildman–Crippen MR) is 65.9 cm³/mol. The molecule has 2 nitrogen and oxygen atoms in total. The van der Waals surface area contributed by atoms with Crippen molar-refractivity contribution in [1.82, 2.24) is 0 Å². The van der Waals surface area contributed by atoms with Crippen LogP contribution in [-0.2, 0) is 6.42 Å². The van der Waals surface area contributed by atoms with Gasteiger partial charge in [0.25, 0.3) is 0 Å². The molecule has 0 aromatic heterocycles. The van der Waals surface area contributed by atoms with E-state index in [4.69, 9.17) is 15.9 Å². The van der Waals surface area contributed by atoms with E-state index in [1.807, 2.05) is 13.8 Å². The van der Waals surface area contributed by atoms with Crippen molar-refractivity contribution in [1.29, 1.82) is 0 Å². The number of hydrogen-bond donors (Lipinski definition) is 0. The molecule has 0 atom stereocenters. The second kappa shape index (κ2) is 6.80. The SMILES string of the molecule is C#CCCc1cc(OCC)c(OCC)cc1F. The molecule has 0 N–H and O–H groups in total. The molecule has 17 heavy (non-hydrogen) atoms. The Balaban J connectivity index is 3.01. The van der Waals surface area contributed by atoms with Gasteiger partial charge in [0.15, 0.2) is 11.5 Å². The van der Waals surface area contributed by atoms with Crippen molar-refractivity contribution in [3.8, 4) is 23.8 Å². The lowest BCUT2D eigenvalue weighted by molar-refractivity contribution is 0.285. The molecular weight excluding hydrogens is 219 g/mol. The van der Waals surface area contributed by atoms with E-state index in [-0.39, 0.29) is 5.82 Å². The van der Waals surface area contributed by atoms with Crippen LogP contribution in [0, 0.1) is 18.2 Å². The highest BCUT2D eigenvalue weighted by atomic mass is 19.1. The normalized spacial score (nSPS) is 9.76. The van der Waals surface area contributed by atoms with E-state index in [0.717, 1.165) is 0 Å². The number of rotatable bonds is 6. The van der Waals surface area contributed by atoms with Crippen molar-refractivity contribution < 1.29 is 13.9 Å². The number of terminal acetylenes is 1. The molecule has 1 rings (SSSR count). The summed E-state index contributed by atoms with van der Waals surface area (Å²) in [5, 5.41) is 0. The summed E-state index contributed by atoms with van der Waals surface area (Å²) in [7, 11) is 0. The van der Waals surface area contributed by atoms with Gasteiger partial charge in [-0.1, -0.05) is 0 Å². The highest BCUT2D eigenvalue weighted by Crippen LogP contribution is 2.31. The van der Waals surface area contributed by atoms with Gasteiger partial charge < -0.3 is 9.47 Å². The second-order valence-corrected chi connectivity index (χ2v) is 3.46. The van der Waals surface area contributed by atoms with Gasteiger partial charge in [-0.2, -0.15) is 0 Å². The maximum absolute atomic E-state index is 13.7. The summed E-state index contributed by atoms with van der Waals surface area (Å²) in [6, 6.07) is 3.03. The Morgan fingerprint density at radius 2 is 1.76 bits per heavy atom. The summed E-state index contributed by atoms with van der Waals surface area (Å²) in [6.07, 6.45) is 6.19. The zero-order chi connectivity index (χ0) is 12.7. The van der Waals surface area contributed by atoms with Gasteiger partial charge >= 0.3 is 0 Å². The van der Waals surface area contributed by atoms with E-state index >= 15 is 0 Å². The minimum Gasteiger partial charge on any atom is -0.490 e. The first-order valence-electron chi connectivity index (χ1n) is 5.74. The monoisotopic (exact) mass is 236 g/mol. The van der Waals surface area contributed by atoms with Crippen LogP contribution in [0.1, 0.15) is 25.8 Å². The topological polar surface area (TPSA) is 18.5 Å². The van der Waals surface area contributed by atoms with Crippen molar-refractivity contribution in [3.05, 3.63) is 23.5 Å². The fourth-order valence-electron chi connectivity index (χ4n) is 1.51. The summed E-state index contributed by atoms with van der Waals surface area (Å²) >= 11 is 0. The molecule has 0 radical (unpaired) electrons. The summed E-state index contributed by atoms with van der Waals surface area (Å²) in [4.78, 5) is 0. The number of halogens is 1. The highest BCUT2D eigenvalue weighted by Gasteiger charge is 2.11. The van der Waals surface area contributed by atoms with Crippen molar-refractivity contribution >= 4 is 0 Å². The molecule has 1 aromatic carbocycles. The van der Waals surface area contributed by atoms with Gasteiger partial charge in [0.2, 0.25) is 0 Å². The van der Waals surface area contributed by atoms with E-state index in [1.165, 1.54) is 6.07 Å². The average molecular weight is 236 g/mol. The smallest absolute Gasteiger partial charge is 0.164 e. The summed E-state index contributed by atoms with van der Waals surface area (Å²) in [6.45, 7) is 4.71. The molecule has 0 aliphatic carbocycles. The molecule has 92 valence electrons. The standard InChI is InChI=1S/C14H17FO2/c1-4-7-8-11-9-13(16-5-2)14(17-6-3)10-12(11)15/h1,9-10H,5-8H2,2-3H3. The van der Waals surface area contributed by atoms with Crippen molar-refractivity contribution in [2.45, 2.75) is 26.7 Å². The molecular formula is C14H17FO2. The van der Waals surface area contributed by atoms with Crippen LogP contribution in [0.25, 0.3) is 0 Å². The minimum absolute atomic E-state index is 0.299. The summed E-state index contributed by atoms with van der Waals surface area (Å²) in [5.41, 5.74) is 0.565.